The summed E-state index contributed by atoms with van der Waals surface area (Å²) in [5.41, 5.74) is 2.93. The molecule has 0 aliphatic heterocycles. The second kappa shape index (κ2) is 8.63. The van der Waals surface area contributed by atoms with Crippen LogP contribution in [-0.2, 0) is 22.3 Å². The van der Waals surface area contributed by atoms with Crippen LogP contribution in [0.15, 0.2) is 30.3 Å². The number of esters is 2. The molecule has 172 valence electrons. The Morgan fingerprint density at radius 2 is 1.73 bits per heavy atom. The Morgan fingerprint density at radius 1 is 1.03 bits per heavy atom. The van der Waals surface area contributed by atoms with Crippen molar-refractivity contribution in [2.24, 2.45) is 0 Å². The van der Waals surface area contributed by atoms with E-state index in [1.54, 1.807) is 34.6 Å². The van der Waals surface area contributed by atoms with Crippen LogP contribution in [0.25, 0.3) is 10.8 Å². The fraction of sp³-hybridized carbons (Fsp3) is 0.346. The van der Waals surface area contributed by atoms with Crippen molar-refractivity contribution in [2.75, 3.05) is 11.9 Å². The molecule has 0 fully saturated rings. The van der Waals surface area contributed by atoms with Crippen molar-refractivity contribution in [1.82, 2.24) is 0 Å². The number of ether oxygens (including phenoxy) is 2. The molecule has 1 aliphatic rings. The minimum Gasteiger partial charge on any atom is -0.462 e. The number of hydrogen-bond acceptors (Lipinski definition) is 6. The zero-order valence-electron chi connectivity index (χ0n) is 19.5. The van der Waals surface area contributed by atoms with E-state index in [0.717, 1.165) is 35.0 Å². The first kappa shape index (κ1) is 23.0. The van der Waals surface area contributed by atoms with Crippen LogP contribution in [0.5, 0.6) is 0 Å². The number of carbonyl (C=O) groups excluding carboxylic acids is 3. The van der Waals surface area contributed by atoms with Crippen molar-refractivity contribution >= 4 is 45.0 Å². The van der Waals surface area contributed by atoms with E-state index >= 15 is 0 Å². The molecular weight excluding hydrogens is 438 g/mol. The van der Waals surface area contributed by atoms with Crippen molar-refractivity contribution in [2.45, 2.75) is 53.1 Å². The first-order valence-electron chi connectivity index (χ1n) is 11.0. The van der Waals surface area contributed by atoms with Crippen LogP contribution in [0.3, 0.4) is 0 Å². The number of rotatable bonds is 5. The molecule has 3 aromatic rings. The summed E-state index contributed by atoms with van der Waals surface area (Å²) >= 11 is 1.03. The Bertz CT molecular complexity index is 1270. The summed E-state index contributed by atoms with van der Waals surface area (Å²) in [4.78, 5) is 39.1. The second-order valence-corrected chi connectivity index (χ2v) is 10.1. The van der Waals surface area contributed by atoms with Gasteiger partial charge in [-0.1, -0.05) is 24.3 Å². The maximum absolute atomic E-state index is 13.4. The predicted octanol–water partition coefficient (Wildman–Crippen LogP) is 5.69. The zero-order chi connectivity index (χ0) is 23.9. The van der Waals surface area contributed by atoms with Crippen molar-refractivity contribution in [3.8, 4) is 0 Å². The van der Waals surface area contributed by atoms with E-state index in [1.807, 2.05) is 24.3 Å². The molecule has 1 N–H and O–H groups in total. The van der Waals surface area contributed by atoms with Gasteiger partial charge in [-0.05, 0) is 81.0 Å². The molecule has 0 bridgehead atoms. The number of aryl methyl sites for hydroxylation is 2. The molecular formula is C26H27NO5S. The number of thiophene rings is 1. The molecule has 1 heterocycles. The third-order valence-corrected chi connectivity index (χ3v) is 6.75. The average Bonchev–Trinajstić information content (AvgIpc) is 3.29. The summed E-state index contributed by atoms with van der Waals surface area (Å²) in [7, 11) is 0. The monoisotopic (exact) mass is 465 g/mol. The van der Waals surface area contributed by atoms with Crippen molar-refractivity contribution < 1.29 is 23.9 Å². The van der Waals surface area contributed by atoms with Gasteiger partial charge in [-0.2, -0.15) is 0 Å². The van der Waals surface area contributed by atoms with Crippen LogP contribution < -0.4 is 5.32 Å². The van der Waals surface area contributed by atoms with Gasteiger partial charge in [0.15, 0.2) is 0 Å². The predicted molar refractivity (Wildman–Crippen MR) is 129 cm³/mol. The summed E-state index contributed by atoms with van der Waals surface area (Å²) < 4.78 is 10.7. The zero-order valence-corrected chi connectivity index (χ0v) is 20.3. The lowest BCUT2D eigenvalue weighted by atomic mass is 9.99. The first-order chi connectivity index (χ1) is 15.6. The van der Waals surface area contributed by atoms with Gasteiger partial charge in [0.25, 0.3) is 5.91 Å². The summed E-state index contributed by atoms with van der Waals surface area (Å²) in [6.07, 6.45) is 1.93. The molecule has 0 radical (unpaired) electrons. The largest absolute Gasteiger partial charge is 0.462 e. The van der Waals surface area contributed by atoms with Gasteiger partial charge < -0.3 is 14.8 Å². The van der Waals surface area contributed by atoms with E-state index < -0.39 is 17.5 Å². The molecule has 4 rings (SSSR count). The third-order valence-electron chi connectivity index (χ3n) is 5.56. The van der Waals surface area contributed by atoms with Crippen LogP contribution in [-0.4, -0.2) is 30.1 Å². The van der Waals surface area contributed by atoms with E-state index in [2.05, 4.69) is 11.4 Å². The van der Waals surface area contributed by atoms with Gasteiger partial charge in [0.1, 0.15) is 15.5 Å². The Morgan fingerprint density at radius 3 is 2.39 bits per heavy atom. The normalized spacial score (nSPS) is 12.6. The van der Waals surface area contributed by atoms with E-state index in [1.165, 1.54) is 11.1 Å². The minimum absolute atomic E-state index is 0.179. The molecule has 0 saturated heterocycles. The first-order valence-corrected chi connectivity index (χ1v) is 11.8. The van der Waals surface area contributed by atoms with E-state index in [0.29, 0.717) is 11.1 Å². The highest BCUT2D eigenvalue weighted by molar-refractivity contribution is 7.18. The maximum atomic E-state index is 13.4. The van der Waals surface area contributed by atoms with Crippen LogP contribution in [0, 0.1) is 6.92 Å². The van der Waals surface area contributed by atoms with Gasteiger partial charge in [-0.3, -0.25) is 4.79 Å². The molecule has 1 aliphatic carbocycles. The van der Waals surface area contributed by atoms with Crippen LogP contribution >= 0.6 is 11.3 Å². The number of benzene rings is 2. The van der Waals surface area contributed by atoms with Gasteiger partial charge in [0, 0.05) is 5.56 Å². The summed E-state index contributed by atoms with van der Waals surface area (Å²) in [6.45, 7) is 8.88. The molecule has 1 amide bonds. The molecule has 0 spiro atoms. The molecule has 33 heavy (non-hydrogen) atoms. The van der Waals surface area contributed by atoms with Gasteiger partial charge in [0.2, 0.25) is 0 Å². The lowest BCUT2D eigenvalue weighted by molar-refractivity contribution is 0.00744. The van der Waals surface area contributed by atoms with Crippen molar-refractivity contribution in [3.05, 3.63) is 63.0 Å². The Balaban J connectivity index is 1.74. The highest BCUT2D eigenvalue weighted by atomic mass is 32.1. The number of amides is 1. The second-order valence-electron chi connectivity index (χ2n) is 9.05. The quantitative estimate of drug-likeness (QED) is 0.489. The minimum atomic E-state index is -0.689. The summed E-state index contributed by atoms with van der Waals surface area (Å²) in [5, 5.41) is 5.16. The lowest BCUT2D eigenvalue weighted by Crippen LogP contribution is -2.23. The average molecular weight is 466 g/mol. The lowest BCUT2D eigenvalue weighted by Gasteiger charge is -2.19. The van der Waals surface area contributed by atoms with E-state index in [4.69, 9.17) is 9.47 Å². The van der Waals surface area contributed by atoms with Crippen LogP contribution in [0.1, 0.15) is 74.8 Å². The SMILES string of the molecule is CCOC(=O)c1c(NC(=O)c2ccc3c4c(cccc24)CC3)sc(C(=O)OC(C)(C)C)c1C. The van der Waals surface area contributed by atoms with E-state index in [9.17, 15) is 14.4 Å². The van der Waals surface area contributed by atoms with Crippen LogP contribution in [0.2, 0.25) is 0 Å². The maximum Gasteiger partial charge on any atom is 0.349 e. The molecule has 7 heteroatoms. The molecule has 1 aromatic heterocycles. The number of anilines is 1. The Hall–Kier alpha value is -3.19. The summed E-state index contributed by atoms with van der Waals surface area (Å²) in [6, 6.07) is 9.81. The highest BCUT2D eigenvalue weighted by Crippen LogP contribution is 2.37. The number of hydrogen-bond donors (Lipinski definition) is 1. The molecule has 2 aromatic carbocycles. The third kappa shape index (κ3) is 4.37. The van der Waals surface area contributed by atoms with Gasteiger partial charge in [-0.15, -0.1) is 11.3 Å². The highest BCUT2D eigenvalue weighted by Gasteiger charge is 2.30. The molecule has 0 atom stereocenters. The van der Waals surface area contributed by atoms with Crippen molar-refractivity contribution in [1.29, 1.82) is 0 Å². The van der Waals surface area contributed by atoms with Crippen molar-refractivity contribution in [3.63, 3.8) is 0 Å². The standard InChI is InChI=1S/C26H27NO5S/c1-6-31-24(29)19-14(2)21(25(30)32-26(3,4)5)33-23(19)27-22(28)18-13-12-16-11-10-15-8-7-9-17(18)20(15)16/h7-9,12-13H,6,10-11H2,1-5H3,(H,27,28). The van der Waals surface area contributed by atoms with Gasteiger partial charge >= 0.3 is 11.9 Å². The number of carbonyl (C=O) groups is 3. The molecule has 0 saturated carbocycles. The fourth-order valence-electron chi connectivity index (χ4n) is 4.19. The Kier molecular flexibility index (Phi) is 6.01. The Labute approximate surface area is 196 Å². The molecule has 6 nitrogen and oxygen atoms in total. The fourth-order valence-corrected chi connectivity index (χ4v) is 5.25. The van der Waals surface area contributed by atoms with E-state index in [-0.39, 0.29) is 28.0 Å². The smallest absolute Gasteiger partial charge is 0.349 e. The number of nitrogens with one attached hydrogen (secondary N) is 1. The van der Waals surface area contributed by atoms with Gasteiger partial charge in [0.05, 0.1) is 12.2 Å². The van der Waals surface area contributed by atoms with Gasteiger partial charge in [-0.25, -0.2) is 9.59 Å². The topological polar surface area (TPSA) is 81.7 Å². The summed E-state index contributed by atoms with van der Waals surface area (Å²) in [5.74, 6) is -1.47. The van der Waals surface area contributed by atoms with Crippen LogP contribution in [0.4, 0.5) is 5.00 Å². The molecule has 0 unspecified atom stereocenters.